The van der Waals surface area contributed by atoms with Crippen LogP contribution in [0.4, 0.5) is 0 Å². The zero-order valence-corrected chi connectivity index (χ0v) is 11.1. The highest BCUT2D eigenvalue weighted by Gasteiger charge is 2.30. The minimum atomic E-state index is -0.190. The maximum atomic E-state index is 5.98. The van der Waals surface area contributed by atoms with Gasteiger partial charge in [-0.3, -0.25) is 0 Å². The SMILES string of the molecule is CC1=C(C)C(C)(C)Oc2ccc(Br)cc21. The van der Waals surface area contributed by atoms with Crippen LogP contribution in [0.2, 0.25) is 0 Å². The van der Waals surface area contributed by atoms with Crippen molar-refractivity contribution in [3.63, 3.8) is 0 Å². The molecule has 1 nitrogen and oxygen atoms in total. The van der Waals surface area contributed by atoms with Gasteiger partial charge in [-0.25, -0.2) is 0 Å². The van der Waals surface area contributed by atoms with Gasteiger partial charge in [0, 0.05) is 10.0 Å². The van der Waals surface area contributed by atoms with Gasteiger partial charge in [0.2, 0.25) is 0 Å². The molecule has 0 spiro atoms. The number of benzene rings is 1. The molecule has 1 aliphatic heterocycles. The summed E-state index contributed by atoms with van der Waals surface area (Å²) in [6.45, 7) is 8.51. The fraction of sp³-hybridized carbons (Fsp3) is 0.385. The van der Waals surface area contributed by atoms with Crippen LogP contribution in [0.3, 0.4) is 0 Å². The first-order valence-corrected chi connectivity index (χ1v) is 5.88. The second kappa shape index (κ2) is 3.38. The lowest BCUT2D eigenvalue weighted by atomic mass is 9.88. The molecule has 0 bridgehead atoms. The van der Waals surface area contributed by atoms with Crippen molar-refractivity contribution in [2.75, 3.05) is 0 Å². The molecular formula is C13H15BrO. The highest BCUT2D eigenvalue weighted by atomic mass is 79.9. The van der Waals surface area contributed by atoms with Crippen molar-refractivity contribution in [2.45, 2.75) is 33.3 Å². The average molecular weight is 267 g/mol. The number of hydrogen-bond acceptors (Lipinski definition) is 1. The third-order valence-corrected chi connectivity index (χ3v) is 3.67. The second-order valence-corrected chi connectivity index (χ2v) is 5.42. The van der Waals surface area contributed by atoms with Crippen molar-refractivity contribution in [3.05, 3.63) is 33.8 Å². The van der Waals surface area contributed by atoms with E-state index in [2.05, 4.69) is 49.7 Å². The van der Waals surface area contributed by atoms with Crippen molar-refractivity contribution < 1.29 is 4.74 Å². The molecule has 0 N–H and O–H groups in total. The molecule has 15 heavy (non-hydrogen) atoms. The highest BCUT2D eigenvalue weighted by Crippen LogP contribution is 2.41. The zero-order chi connectivity index (χ0) is 11.2. The Labute approximate surface area is 99.3 Å². The van der Waals surface area contributed by atoms with Crippen LogP contribution in [-0.4, -0.2) is 5.60 Å². The molecule has 0 amide bonds. The van der Waals surface area contributed by atoms with Gasteiger partial charge in [-0.2, -0.15) is 0 Å². The van der Waals surface area contributed by atoms with E-state index in [-0.39, 0.29) is 5.60 Å². The van der Waals surface area contributed by atoms with Gasteiger partial charge >= 0.3 is 0 Å². The van der Waals surface area contributed by atoms with E-state index in [0.29, 0.717) is 0 Å². The molecule has 0 atom stereocenters. The van der Waals surface area contributed by atoms with Gasteiger partial charge < -0.3 is 4.74 Å². The van der Waals surface area contributed by atoms with Gasteiger partial charge in [-0.15, -0.1) is 0 Å². The molecular weight excluding hydrogens is 252 g/mol. The van der Waals surface area contributed by atoms with E-state index in [1.165, 1.54) is 16.7 Å². The van der Waals surface area contributed by atoms with Crippen LogP contribution in [-0.2, 0) is 0 Å². The minimum Gasteiger partial charge on any atom is -0.483 e. The molecule has 1 heterocycles. The molecule has 1 aromatic carbocycles. The van der Waals surface area contributed by atoms with E-state index in [9.17, 15) is 0 Å². The van der Waals surface area contributed by atoms with Gasteiger partial charge in [0.05, 0.1) is 0 Å². The summed E-state index contributed by atoms with van der Waals surface area (Å²) in [5.74, 6) is 0.978. The molecule has 2 heteroatoms. The summed E-state index contributed by atoms with van der Waals surface area (Å²) in [7, 11) is 0. The Morgan fingerprint density at radius 2 is 1.87 bits per heavy atom. The van der Waals surface area contributed by atoms with Crippen molar-refractivity contribution in [1.82, 2.24) is 0 Å². The van der Waals surface area contributed by atoms with E-state index < -0.39 is 0 Å². The summed E-state index contributed by atoms with van der Waals surface area (Å²) in [5.41, 5.74) is 3.63. The fourth-order valence-electron chi connectivity index (χ4n) is 1.89. The topological polar surface area (TPSA) is 9.23 Å². The summed E-state index contributed by atoms with van der Waals surface area (Å²) in [5, 5.41) is 0. The van der Waals surface area contributed by atoms with Gasteiger partial charge in [0.15, 0.2) is 0 Å². The molecule has 80 valence electrons. The lowest BCUT2D eigenvalue weighted by Crippen LogP contribution is -2.33. The lowest BCUT2D eigenvalue weighted by molar-refractivity contribution is 0.144. The van der Waals surface area contributed by atoms with Gasteiger partial charge in [-0.05, 0) is 57.0 Å². The summed E-state index contributed by atoms with van der Waals surface area (Å²) in [6.07, 6.45) is 0. The molecule has 0 fully saturated rings. The first-order valence-electron chi connectivity index (χ1n) is 5.09. The quantitative estimate of drug-likeness (QED) is 0.676. The average Bonchev–Trinajstić information content (AvgIpc) is 2.16. The zero-order valence-electron chi connectivity index (χ0n) is 9.52. The maximum Gasteiger partial charge on any atom is 0.128 e. The second-order valence-electron chi connectivity index (χ2n) is 4.50. The fourth-order valence-corrected chi connectivity index (χ4v) is 2.25. The molecule has 0 saturated heterocycles. The Balaban J connectivity index is 2.65. The van der Waals surface area contributed by atoms with Crippen molar-refractivity contribution in [2.24, 2.45) is 0 Å². The largest absolute Gasteiger partial charge is 0.483 e. The van der Waals surface area contributed by atoms with Crippen LogP contribution in [0, 0.1) is 0 Å². The molecule has 0 saturated carbocycles. The first kappa shape index (κ1) is 10.7. The maximum absolute atomic E-state index is 5.98. The Bertz CT molecular complexity index is 444. The third-order valence-electron chi connectivity index (χ3n) is 3.18. The van der Waals surface area contributed by atoms with Crippen LogP contribution in [0.25, 0.3) is 5.57 Å². The van der Waals surface area contributed by atoms with E-state index >= 15 is 0 Å². The molecule has 0 unspecified atom stereocenters. The van der Waals surface area contributed by atoms with E-state index in [0.717, 1.165) is 10.2 Å². The number of fused-ring (bicyclic) bond motifs is 1. The van der Waals surface area contributed by atoms with Crippen molar-refractivity contribution in [1.29, 1.82) is 0 Å². The summed E-state index contributed by atoms with van der Waals surface area (Å²) < 4.78 is 7.07. The minimum absolute atomic E-state index is 0.190. The molecule has 0 radical (unpaired) electrons. The summed E-state index contributed by atoms with van der Waals surface area (Å²) in [6, 6.07) is 6.16. The number of ether oxygens (including phenoxy) is 1. The van der Waals surface area contributed by atoms with Crippen LogP contribution >= 0.6 is 15.9 Å². The normalized spacial score (nSPS) is 18.5. The monoisotopic (exact) mass is 266 g/mol. The summed E-state index contributed by atoms with van der Waals surface area (Å²) in [4.78, 5) is 0. The first-order chi connectivity index (χ1) is 6.92. The number of rotatable bonds is 0. The van der Waals surface area contributed by atoms with Crippen molar-refractivity contribution >= 4 is 21.5 Å². The molecule has 0 aromatic heterocycles. The van der Waals surface area contributed by atoms with Gasteiger partial charge in [0.1, 0.15) is 11.4 Å². The predicted molar refractivity (Wildman–Crippen MR) is 67.1 cm³/mol. The Hall–Kier alpha value is -0.760. The van der Waals surface area contributed by atoms with Crippen molar-refractivity contribution in [3.8, 4) is 5.75 Å². The van der Waals surface area contributed by atoms with Crippen LogP contribution in [0.1, 0.15) is 33.3 Å². The molecule has 0 aliphatic carbocycles. The van der Waals surface area contributed by atoms with Crippen LogP contribution in [0.15, 0.2) is 28.2 Å². The Kier molecular flexibility index (Phi) is 2.42. The number of allylic oxidation sites excluding steroid dienone is 1. The standard InChI is InChI=1S/C13H15BrO/c1-8-9(2)13(3,4)15-12-6-5-10(14)7-11(8)12/h5-7H,1-4H3. The van der Waals surface area contributed by atoms with Gasteiger partial charge in [-0.1, -0.05) is 15.9 Å². The van der Waals surface area contributed by atoms with Gasteiger partial charge in [0.25, 0.3) is 0 Å². The summed E-state index contributed by atoms with van der Waals surface area (Å²) >= 11 is 3.49. The Morgan fingerprint density at radius 1 is 1.20 bits per heavy atom. The predicted octanol–water partition coefficient (Wildman–Crippen LogP) is 4.41. The van der Waals surface area contributed by atoms with Crippen LogP contribution < -0.4 is 4.74 Å². The number of hydrogen-bond donors (Lipinski definition) is 0. The third kappa shape index (κ3) is 1.71. The molecule has 2 rings (SSSR count). The van der Waals surface area contributed by atoms with E-state index in [4.69, 9.17) is 4.74 Å². The van der Waals surface area contributed by atoms with E-state index in [1.807, 2.05) is 12.1 Å². The van der Waals surface area contributed by atoms with Crippen LogP contribution in [0.5, 0.6) is 5.75 Å². The lowest BCUT2D eigenvalue weighted by Gasteiger charge is -2.35. The molecule has 1 aromatic rings. The Morgan fingerprint density at radius 3 is 2.53 bits per heavy atom. The smallest absolute Gasteiger partial charge is 0.128 e. The molecule has 1 aliphatic rings. The van der Waals surface area contributed by atoms with E-state index in [1.54, 1.807) is 0 Å². The highest BCUT2D eigenvalue weighted by molar-refractivity contribution is 9.10. The number of halogens is 1.